The Balaban J connectivity index is 1.28. The molecule has 0 radical (unpaired) electrons. The normalized spacial score (nSPS) is 15.2. The van der Waals surface area contributed by atoms with Gasteiger partial charge in [0.1, 0.15) is 11.9 Å². The lowest BCUT2D eigenvalue weighted by atomic mass is 10.1. The number of H-pyrrole nitrogens is 1. The number of nitrogens with zero attached hydrogens (tertiary/aromatic N) is 2. The zero-order valence-corrected chi connectivity index (χ0v) is 23.5. The van der Waals surface area contributed by atoms with E-state index in [9.17, 15) is 18.0 Å². The van der Waals surface area contributed by atoms with Crippen molar-refractivity contribution in [1.82, 2.24) is 19.5 Å². The van der Waals surface area contributed by atoms with Crippen LogP contribution >= 0.6 is 23.2 Å². The van der Waals surface area contributed by atoms with Crippen molar-refractivity contribution in [2.45, 2.75) is 30.3 Å². The maximum Gasteiger partial charge on any atom is 0.255 e. The molecule has 1 amide bonds. The number of sulfonamides is 1. The van der Waals surface area contributed by atoms with Gasteiger partial charge in [-0.05, 0) is 50.1 Å². The number of amides is 1. The van der Waals surface area contributed by atoms with Gasteiger partial charge < -0.3 is 19.9 Å². The number of pyridine rings is 1. The minimum Gasteiger partial charge on any atom is -0.490 e. The summed E-state index contributed by atoms with van der Waals surface area (Å²) in [7, 11) is -0.876. The molecule has 9 nitrogen and oxygen atoms in total. The number of piperidine rings is 1. The number of nitrogens with one attached hydrogen (secondary N) is 2. The lowest BCUT2D eigenvalue weighted by molar-refractivity contribution is 0.0936. The molecule has 1 saturated heterocycles. The molecule has 4 rings (SSSR count). The number of rotatable bonds is 9. The van der Waals surface area contributed by atoms with Gasteiger partial charge in [-0.3, -0.25) is 9.59 Å². The minimum atomic E-state index is -3.71. The Kier molecular flexibility index (Phi) is 9.00. The second kappa shape index (κ2) is 12.0. The van der Waals surface area contributed by atoms with Gasteiger partial charge in [0.25, 0.3) is 11.5 Å². The Bertz CT molecular complexity index is 1480. The van der Waals surface area contributed by atoms with Gasteiger partial charge in [-0.25, -0.2) is 12.7 Å². The summed E-state index contributed by atoms with van der Waals surface area (Å²) < 4.78 is 32.0. The molecule has 0 bridgehead atoms. The lowest BCUT2D eigenvalue weighted by Gasteiger charge is -2.32. The molecule has 2 heterocycles. The first kappa shape index (κ1) is 28.4. The van der Waals surface area contributed by atoms with Crippen molar-refractivity contribution in [3.8, 4) is 5.75 Å². The van der Waals surface area contributed by atoms with Crippen LogP contribution in [0.4, 0.5) is 0 Å². The monoisotopic (exact) mass is 580 g/mol. The first-order valence-corrected chi connectivity index (χ1v) is 14.5. The molecule has 1 aliphatic heterocycles. The number of benzene rings is 2. The van der Waals surface area contributed by atoms with E-state index in [0.717, 1.165) is 43.2 Å². The largest absolute Gasteiger partial charge is 0.490 e. The van der Waals surface area contributed by atoms with Crippen LogP contribution in [-0.4, -0.2) is 74.9 Å². The van der Waals surface area contributed by atoms with E-state index in [0.29, 0.717) is 27.7 Å². The third-order valence-electron chi connectivity index (χ3n) is 6.56. The third kappa shape index (κ3) is 6.50. The van der Waals surface area contributed by atoms with Gasteiger partial charge >= 0.3 is 0 Å². The number of fused-ring (bicyclic) bond motifs is 1. The van der Waals surface area contributed by atoms with Crippen LogP contribution in [0.15, 0.2) is 52.3 Å². The smallest absolute Gasteiger partial charge is 0.255 e. The molecule has 2 N–H and O–H groups in total. The average Bonchev–Trinajstić information content (AvgIpc) is 2.89. The summed E-state index contributed by atoms with van der Waals surface area (Å²) in [6, 6.07) is 9.48. The SMILES string of the molecule is CN(C)S(=O)(=O)c1ccc2c(C(=O)NCCCN3CCC(Oc4ccc(Cl)c(Cl)c4)CC3)c[nH]c(=O)c2c1. The molecule has 204 valence electrons. The number of hydrogen-bond donors (Lipinski definition) is 2. The van der Waals surface area contributed by atoms with E-state index in [2.05, 4.69) is 15.2 Å². The van der Waals surface area contributed by atoms with Gasteiger partial charge in [0.05, 0.1) is 20.5 Å². The Morgan fingerprint density at radius 1 is 1.11 bits per heavy atom. The van der Waals surface area contributed by atoms with Gasteiger partial charge in [0, 0.05) is 56.8 Å². The van der Waals surface area contributed by atoms with Crippen LogP contribution in [0.5, 0.6) is 5.75 Å². The van der Waals surface area contributed by atoms with E-state index in [1.807, 2.05) is 6.07 Å². The fourth-order valence-corrected chi connectivity index (χ4v) is 5.61. The van der Waals surface area contributed by atoms with Gasteiger partial charge in [0.2, 0.25) is 10.0 Å². The predicted molar refractivity (Wildman–Crippen MR) is 149 cm³/mol. The highest BCUT2D eigenvalue weighted by Gasteiger charge is 2.22. The molecule has 0 unspecified atom stereocenters. The fraction of sp³-hybridized carbons (Fsp3) is 0.385. The van der Waals surface area contributed by atoms with Crippen LogP contribution in [0.1, 0.15) is 29.6 Å². The topological polar surface area (TPSA) is 112 Å². The fourth-order valence-electron chi connectivity index (χ4n) is 4.39. The standard InChI is InChI=1S/C26H30Cl2N4O5S/c1-31(2)38(35,36)19-5-6-20-21(15-19)25(33)30-16-22(20)26(34)29-10-3-11-32-12-8-17(9-13-32)37-18-4-7-23(27)24(28)14-18/h4-7,14-17H,3,8-13H2,1-2H3,(H,29,34)(H,30,33). The number of aromatic nitrogens is 1. The van der Waals surface area contributed by atoms with Crippen molar-refractivity contribution >= 4 is 49.9 Å². The van der Waals surface area contributed by atoms with E-state index in [-0.39, 0.29) is 27.9 Å². The summed E-state index contributed by atoms with van der Waals surface area (Å²) in [5, 5.41) is 4.42. The van der Waals surface area contributed by atoms with Gasteiger partial charge in [-0.1, -0.05) is 29.3 Å². The first-order valence-electron chi connectivity index (χ1n) is 12.3. The van der Waals surface area contributed by atoms with Crippen LogP contribution in [0.3, 0.4) is 0 Å². The molecular formula is C26H30Cl2N4O5S. The first-order chi connectivity index (χ1) is 18.1. The van der Waals surface area contributed by atoms with Crippen molar-refractivity contribution in [2.75, 3.05) is 40.3 Å². The van der Waals surface area contributed by atoms with Crippen molar-refractivity contribution in [1.29, 1.82) is 0 Å². The zero-order chi connectivity index (χ0) is 27.4. The van der Waals surface area contributed by atoms with Crippen LogP contribution in [0.2, 0.25) is 10.0 Å². The summed E-state index contributed by atoms with van der Waals surface area (Å²) in [6.45, 7) is 3.08. The molecule has 0 spiro atoms. The van der Waals surface area contributed by atoms with Crippen molar-refractivity contribution in [2.24, 2.45) is 0 Å². The maximum absolute atomic E-state index is 12.9. The van der Waals surface area contributed by atoms with E-state index in [1.54, 1.807) is 12.1 Å². The second-order valence-electron chi connectivity index (χ2n) is 9.37. The second-order valence-corrected chi connectivity index (χ2v) is 12.3. The molecule has 38 heavy (non-hydrogen) atoms. The minimum absolute atomic E-state index is 0.0100. The van der Waals surface area contributed by atoms with Crippen LogP contribution in [-0.2, 0) is 10.0 Å². The Morgan fingerprint density at radius 2 is 1.84 bits per heavy atom. The van der Waals surface area contributed by atoms with Crippen molar-refractivity contribution in [3.63, 3.8) is 0 Å². The van der Waals surface area contributed by atoms with Crippen LogP contribution in [0.25, 0.3) is 10.8 Å². The number of hydrogen-bond acceptors (Lipinski definition) is 6. The van der Waals surface area contributed by atoms with Crippen LogP contribution < -0.4 is 15.6 Å². The molecule has 2 aromatic carbocycles. The van der Waals surface area contributed by atoms with Gasteiger partial charge in [-0.2, -0.15) is 0 Å². The Morgan fingerprint density at radius 3 is 2.53 bits per heavy atom. The number of ether oxygens (including phenoxy) is 1. The summed E-state index contributed by atoms with van der Waals surface area (Å²) in [5.74, 6) is 0.383. The molecule has 0 aliphatic carbocycles. The number of carbonyl (C=O) groups is 1. The Labute approximate surface area is 231 Å². The molecule has 1 aliphatic rings. The van der Waals surface area contributed by atoms with E-state index in [1.165, 1.54) is 38.5 Å². The van der Waals surface area contributed by atoms with Crippen molar-refractivity contribution < 1.29 is 17.9 Å². The average molecular weight is 582 g/mol. The highest BCUT2D eigenvalue weighted by atomic mass is 35.5. The summed E-state index contributed by atoms with van der Waals surface area (Å²) in [6.07, 6.45) is 4.02. The van der Waals surface area contributed by atoms with Crippen LogP contribution in [0, 0.1) is 0 Å². The number of halogens is 2. The third-order valence-corrected chi connectivity index (χ3v) is 9.11. The summed E-state index contributed by atoms with van der Waals surface area (Å²) in [4.78, 5) is 30.1. The van der Waals surface area contributed by atoms with E-state index in [4.69, 9.17) is 27.9 Å². The highest BCUT2D eigenvalue weighted by molar-refractivity contribution is 7.89. The highest BCUT2D eigenvalue weighted by Crippen LogP contribution is 2.28. The molecule has 1 aromatic heterocycles. The Hall–Kier alpha value is -2.63. The lowest BCUT2D eigenvalue weighted by Crippen LogP contribution is -2.39. The maximum atomic E-state index is 12.9. The molecular weight excluding hydrogens is 551 g/mol. The predicted octanol–water partition coefficient (Wildman–Crippen LogP) is 3.75. The molecule has 1 fully saturated rings. The number of aromatic amines is 1. The summed E-state index contributed by atoms with van der Waals surface area (Å²) in [5.41, 5.74) is -0.174. The molecule has 3 aromatic rings. The van der Waals surface area contributed by atoms with Gasteiger partial charge in [-0.15, -0.1) is 0 Å². The van der Waals surface area contributed by atoms with E-state index >= 15 is 0 Å². The van der Waals surface area contributed by atoms with E-state index < -0.39 is 15.6 Å². The van der Waals surface area contributed by atoms with Crippen molar-refractivity contribution in [3.05, 3.63) is 68.6 Å². The van der Waals surface area contributed by atoms with Gasteiger partial charge in [0.15, 0.2) is 0 Å². The quantitative estimate of drug-likeness (QED) is 0.373. The number of carbonyl (C=O) groups excluding carboxylic acids is 1. The summed E-state index contributed by atoms with van der Waals surface area (Å²) >= 11 is 12.0. The molecule has 0 atom stereocenters. The number of likely N-dealkylation sites (tertiary alicyclic amines) is 1. The molecule has 0 saturated carbocycles. The molecule has 12 heteroatoms. The zero-order valence-electron chi connectivity index (χ0n) is 21.2.